The molecular formula is C60H41N3Si. The number of hydrogen-bond acceptors (Lipinski definition) is 0. The van der Waals surface area contributed by atoms with Crippen LogP contribution in [0.25, 0.3) is 82.5 Å². The molecule has 0 saturated carbocycles. The van der Waals surface area contributed by atoms with Crippen molar-refractivity contribution in [2.24, 2.45) is 0 Å². The first-order valence-corrected chi connectivity index (χ1v) is 24.1. The molecule has 0 radical (unpaired) electrons. The van der Waals surface area contributed by atoms with Crippen molar-refractivity contribution < 1.29 is 0 Å². The average molecular weight is 832 g/mol. The minimum atomic E-state index is -2.90. The Bertz CT molecular complexity index is 3730. The standard InChI is InChI=1S/C60H41N3Si/c1-5-21-42(22-6-1)61-52-33-16-15-31-49(52)50-32-19-38-57(60(50)61)63-56-37-20-36-55(62-53-34-17-13-29-47(53)48-30-14-18-35-54(48)62)59(56)51-40-39-46(41-58(51)63)64(43-23-7-2-8-24-43,44-25-9-3-10-26-44)45-27-11-4-12-28-45/h1-41H. The third kappa shape index (κ3) is 5.21. The zero-order valence-corrected chi connectivity index (χ0v) is 36.0. The summed E-state index contributed by atoms with van der Waals surface area (Å²) in [6.07, 6.45) is 0. The van der Waals surface area contributed by atoms with Gasteiger partial charge in [0.1, 0.15) is 0 Å². The number of benzene rings is 10. The summed E-state index contributed by atoms with van der Waals surface area (Å²) in [5.74, 6) is 0. The Balaban J connectivity index is 1.23. The summed E-state index contributed by atoms with van der Waals surface area (Å²) in [5.41, 5.74) is 10.5. The Morgan fingerprint density at radius 1 is 0.250 bits per heavy atom. The van der Waals surface area contributed by atoms with Crippen LogP contribution in [0, 0.1) is 0 Å². The molecule has 3 nitrogen and oxygen atoms in total. The Labute approximate surface area is 372 Å². The molecule has 0 aliphatic rings. The molecule has 0 unspecified atom stereocenters. The van der Waals surface area contributed by atoms with Gasteiger partial charge >= 0.3 is 0 Å². The predicted octanol–water partition coefficient (Wildman–Crippen LogP) is 12.4. The molecule has 3 heterocycles. The van der Waals surface area contributed by atoms with Gasteiger partial charge in [0.05, 0.1) is 44.5 Å². The van der Waals surface area contributed by atoms with Crippen LogP contribution in [-0.2, 0) is 0 Å². The van der Waals surface area contributed by atoms with Crippen LogP contribution in [0.15, 0.2) is 249 Å². The maximum absolute atomic E-state index is 2.90. The van der Waals surface area contributed by atoms with Gasteiger partial charge in [0, 0.05) is 38.0 Å². The lowest BCUT2D eigenvalue weighted by Crippen LogP contribution is -2.74. The van der Waals surface area contributed by atoms with Gasteiger partial charge in [-0.05, 0) is 75.3 Å². The molecule has 0 aliphatic heterocycles. The van der Waals surface area contributed by atoms with E-state index in [9.17, 15) is 0 Å². The molecule has 0 aliphatic carbocycles. The quantitative estimate of drug-likeness (QED) is 0.112. The molecule has 10 aromatic carbocycles. The fourth-order valence-electron chi connectivity index (χ4n) is 11.0. The maximum Gasteiger partial charge on any atom is 0.179 e. The van der Waals surface area contributed by atoms with Crippen molar-refractivity contribution in [2.75, 3.05) is 0 Å². The van der Waals surface area contributed by atoms with Crippen molar-refractivity contribution in [1.82, 2.24) is 13.7 Å². The largest absolute Gasteiger partial charge is 0.309 e. The van der Waals surface area contributed by atoms with E-state index in [2.05, 4.69) is 262 Å². The topological polar surface area (TPSA) is 14.8 Å². The highest BCUT2D eigenvalue weighted by Crippen LogP contribution is 2.43. The lowest BCUT2D eigenvalue weighted by molar-refractivity contribution is 1.13. The number of nitrogens with zero attached hydrogens (tertiary/aromatic N) is 3. The molecule has 0 spiro atoms. The van der Waals surface area contributed by atoms with E-state index in [4.69, 9.17) is 0 Å². The van der Waals surface area contributed by atoms with Gasteiger partial charge in [-0.3, -0.25) is 0 Å². The summed E-state index contributed by atoms with van der Waals surface area (Å²) in [5, 5.41) is 12.8. The normalized spacial score (nSPS) is 12.1. The molecule has 0 atom stereocenters. The molecule has 13 aromatic rings. The van der Waals surface area contributed by atoms with E-state index >= 15 is 0 Å². The molecule has 300 valence electrons. The van der Waals surface area contributed by atoms with Gasteiger partial charge in [0.25, 0.3) is 0 Å². The summed E-state index contributed by atoms with van der Waals surface area (Å²) in [7, 11) is -2.90. The van der Waals surface area contributed by atoms with Gasteiger partial charge in [0.15, 0.2) is 8.07 Å². The van der Waals surface area contributed by atoms with Crippen LogP contribution in [-0.4, -0.2) is 21.8 Å². The zero-order chi connectivity index (χ0) is 42.2. The maximum atomic E-state index is 2.58. The summed E-state index contributed by atoms with van der Waals surface area (Å²) < 4.78 is 7.53. The minimum absolute atomic E-state index is 1.14. The van der Waals surface area contributed by atoms with E-state index in [0.717, 1.165) is 16.9 Å². The van der Waals surface area contributed by atoms with E-state index in [0.29, 0.717) is 0 Å². The van der Waals surface area contributed by atoms with Crippen LogP contribution >= 0.6 is 0 Å². The Morgan fingerprint density at radius 3 is 1.25 bits per heavy atom. The molecule has 0 bridgehead atoms. The number of aromatic nitrogens is 3. The van der Waals surface area contributed by atoms with Crippen molar-refractivity contribution in [3.63, 3.8) is 0 Å². The fraction of sp³-hybridized carbons (Fsp3) is 0. The van der Waals surface area contributed by atoms with Crippen molar-refractivity contribution in [3.05, 3.63) is 249 Å². The first kappa shape index (κ1) is 36.5. The lowest BCUT2D eigenvalue weighted by atomic mass is 10.1. The van der Waals surface area contributed by atoms with Crippen molar-refractivity contribution in [3.8, 4) is 17.1 Å². The van der Waals surface area contributed by atoms with E-state index in [1.54, 1.807) is 0 Å². The van der Waals surface area contributed by atoms with Gasteiger partial charge in [-0.15, -0.1) is 0 Å². The predicted molar refractivity (Wildman–Crippen MR) is 273 cm³/mol. The van der Waals surface area contributed by atoms with Crippen LogP contribution in [0.2, 0.25) is 0 Å². The molecule has 0 N–H and O–H groups in total. The second-order valence-electron chi connectivity index (χ2n) is 16.8. The first-order valence-electron chi connectivity index (χ1n) is 22.1. The van der Waals surface area contributed by atoms with E-state index in [1.165, 1.54) is 86.3 Å². The van der Waals surface area contributed by atoms with Gasteiger partial charge < -0.3 is 13.7 Å². The summed E-state index contributed by atoms with van der Waals surface area (Å²) in [6.45, 7) is 0. The second kappa shape index (κ2) is 14.5. The van der Waals surface area contributed by atoms with Crippen LogP contribution in [0.1, 0.15) is 0 Å². The first-order chi connectivity index (χ1) is 31.8. The van der Waals surface area contributed by atoms with Crippen LogP contribution in [0.3, 0.4) is 0 Å². The molecule has 3 aromatic heterocycles. The SMILES string of the molecule is c1ccc(-n2c3ccccc3c3cccc(-n4c5cc([Si](c6ccccc6)(c6ccccc6)c6ccccc6)ccc5c5c(-n6c7ccccc7c7ccccc76)cccc54)c32)cc1. The summed E-state index contributed by atoms with van der Waals surface area (Å²) in [4.78, 5) is 0. The molecule has 13 rings (SSSR count). The van der Waals surface area contributed by atoms with Crippen LogP contribution in [0.4, 0.5) is 0 Å². The third-order valence-corrected chi connectivity index (χ3v) is 18.3. The van der Waals surface area contributed by atoms with Gasteiger partial charge in [-0.25, -0.2) is 0 Å². The monoisotopic (exact) mass is 831 g/mol. The number of para-hydroxylation sites is 5. The zero-order valence-electron chi connectivity index (χ0n) is 35.0. The van der Waals surface area contributed by atoms with E-state index in [-0.39, 0.29) is 0 Å². The average Bonchev–Trinajstić information content (AvgIpc) is 4.01. The smallest absolute Gasteiger partial charge is 0.179 e. The highest BCUT2D eigenvalue weighted by atomic mass is 28.3. The molecule has 0 fully saturated rings. The van der Waals surface area contributed by atoms with Gasteiger partial charge in [-0.2, -0.15) is 0 Å². The summed E-state index contributed by atoms with van der Waals surface area (Å²) in [6, 6.07) is 92.4. The Kier molecular flexibility index (Phi) is 8.23. The highest BCUT2D eigenvalue weighted by Gasteiger charge is 2.42. The van der Waals surface area contributed by atoms with Crippen molar-refractivity contribution in [1.29, 1.82) is 0 Å². The Hall–Kier alpha value is -8.18. The summed E-state index contributed by atoms with van der Waals surface area (Å²) >= 11 is 0. The molecule has 4 heteroatoms. The van der Waals surface area contributed by atoms with E-state index in [1.807, 2.05) is 0 Å². The molecule has 0 saturated heterocycles. The number of hydrogen-bond donors (Lipinski definition) is 0. The van der Waals surface area contributed by atoms with Gasteiger partial charge in [0.2, 0.25) is 0 Å². The highest BCUT2D eigenvalue weighted by molar-refractivity contribution is 7.20. The van der Waals surface area contributed by atoms with Gasteiger partial charge in [-0.1, -0.05) is 194 Å². The number of rotatable bonds is 7. The Morgan fingerprint density at radius 2 is 0.672 bits per heavy atom. The van der Waals surface area contributed by atoms with Crippen LogP contribution in [0.5, 0.6) is 0 Å². The second-order valence-corrected chi connectivity index (χ2v) is 20.6. The van der Waals surface area contributed by atoms with E-state index < -0.39 is 8.07 Å². The van der Waals surface area contributed by atoms with Crippen LogP contribution < -0.4 is 20.7 Å². The van der Waals surface area contributed by atoms with Crippen molar-refractivity contribution in [2.45, 2.75) is 0 Å². The fourth-order valence-corrected chi connectivity index (χ4v) is 15.8. The molecule has 64 heavy (non-hydrogen) atoms. The molecular weight excluding hydrogens is 791 g/mol. The number of fused-ring (bicyclic) bond motifs is 9. The van der Waals surface area contributed by atoms with Crippen molar-refractivity contribution >= 4 is 94.2 Å². The molecule has 0 amide bonds. The lowest BCUT2D eigenvalue weighted by Gasteiger charge is -2.34. The minimum Gasteiger partial charge on any atom is -0.309 e. The third-order valence-electron chi connectivity index (χ3n) is 13.6.